The van der Waals surface area contributed by atoms with Gasteiger partial charge in [-0.2, -0.15) is 0 Å². The minimum Gasteiger partial charge on any atom is -0.484 e. The van der Waals surface area contributed by atoms with E-state index in [1.807, 2.05) is 37.3 Å². The fourth-order valence-corrected chi connectivity index (χ4v) is 2.50. The van der Waals surface area contributed by atoms with E-state index in [4.69, 9.17) is 10.5 Å². The van der Waals surface area contributed by atoms with E-state index < -0.39 is 9.84 Å². The summed E-state index contributed by atoms with van der Waals surface area (Å²) < 4.78 is 28.7. The zero-order valence-corrected chi connectivity index (χ0v) is 12.2. The highest BCUT2D eigenvalue weighted by Crippen LogP contribution is 2.29. The first-order valence-corrected chi connectivity index (χ1v) is 8.08. The Bertz CT molecular complexity index is 696. The predicted octanol–water partition coefficient (Wildman–Crippen LogP) is 2.81. The second-order valence-electron chi connectivity index (χ2n) is 4.64. The molecule has 5 heteroatoms. The zero-order chi connectivity index (χ0) is 14.8. The van der Waals surface area contributed by atoms with Crippen molar-refractivity contribution in [1.29, 1.82) is 0 Å². The van der Waals surface area contributed by atoms with Crippen molar-refractivity contribution in [3.05, 3.63) is 54.1 Å². The molecule has 0 aliphatic carbocycles. The summed E-state index contributed by atoms with van der Waals surface area (Å²) in [6, 6.07) is 14.2. The van der Waals surface area contributed by atoms with Crippen LogP contribution in [0.25, 0.3) is 0 Å². The number of benzene rings is 2. The lowest BCUT2D eigenvalue weighted by Crippen LogP contribution is -2.06. The summed E-state index contributed by atoms with van der Waals surface area (Å²) in [4.78, 5) is 0.190. The summed E-state index contributed by atoms with van der Waals surface area (Å²) in [5.74, 6) is 0.480. The van der Waals surface area contributed by atoms with E-state index in [-0.39, 0.29) is 11.0 Å². The van der Waals surface area contributed by atoms with Crippen molar-refractivity contribution in [2.24, 2.45) is 0 Å². The van der Waals surface area contributed by atoms with Crippen LogP contribution in [-0.2, 0) is 9.84 Å². The third kappa shape index (κ3) is 3.30. The summed E-state index contributed by atoms with van der Waals surface area (Å²) in [7, 11) is -3.26. The molecule has 2 aromatic carbocycles. The van der Waals surface area contributed by atoms with Gasteiger partial charge in [0.15, 0.2) is 9.84 Å². The highest BCUT2D eigenvalue weighted by atomic mass is 32.2. The Balaban J connectivity index is 2.23. The average molecular weight is 291 g/mol. The second kappa shape index (κ2) is 5.54. The van der Waals surface area contributed by atoms with Crippen molar-refractivity contribution < 1.29 is 13.2 Å². The standard InChI is InChI=1S/C15H17NO3S/c1-11(12-6-4-3-5-7-12)19-15-9-8-13(10-14(15)16)20(2,17)18/h3-11H,16H2,1-2H3. The van der Waals surface area contributed by atoms with Gasteiger partial charge in [0.1, 0.15) is 11.9 Å². The van der Waals surface area contributed by atoms with Crippen LogP contribution in [0.1, 0.15) is 18.6 Å². The van der Waals surface area contributed by atoms with Crippen LogP contribution in [0, 0.1) is 0 Å². The van der Waals surface area contributed by atoms with E-state index in [1.54, 1.807) is 6.07 Å². The van der Waals surface area contributed by atoms with Crippen molar-refractivity contribution in [2.75, 3.05) is 12.0 Å². The lowest BCUT2D eigenvalue weighted by Gasteiger charge is -2.16. The Morgan fingerprint density at radius 1 is 1.10 bits per heavy atom. The molecule has 0 fully saturated rings. The van der Waals surface area contributed by atoms with Crippen LogP contribution in [0.4, 0.5) is 5.69 Å². The minimum absolute atomic E-state index is 0.164. The van der Waals surface area contributed by atoms with E-state index in [0.717, 1.165) is 11.8 Å². The highest BCUT2D eigenvalue weighted by molar-refractivity contribution is 7.90. The molecule has 106 valence electrons. The molecule has 0 radical (unpaired) electrons. The first kappa shape index (κ1) is 14.4. The SMILES string of the molecule is CC(Oc1ccc(S(C)(=O)=O)cc1N)c1ccccc1. The van der Waals surface area contributed by atoms with Gasteiger partial charge in [-0.3, -0.25) is 0 Å². The molecule has 2 N–H and O–H groups in total. The third-order valence-corrected chi connectivity index (χ3v) is 4.09. The van der Waals surface area contributed by atoms with Gasteiger partial charge in [-0.1, -0.05) is 30.3 Å². The minimum atomic E-state index is -3.26. The van der Waals surface area contributed by atoms with E-state index in [2.05, 4.69) is 0 Å². The van der Waals surface area contributed by atoms with Crippen molar-refractivity contribution in [2.45, 2.75) is 17.9 Å². The van der Waals surface area contributed by atoms with Crippen LogP contribution in [-0.4, -0.2) is 14.7 Å². The molecule has 0 amide bonds. The Kier molecular flexibility index (Phi) is 3.99. The van der Waals surface area contributed by atoms with Gasteiger partial charge in [0, 0.05) is 6.26 Å². The van der Waals surface area contributed by atoms with E-state index >= 15 is 0 Å². The van der Waals surface area contributed by atoms with Gasteiger partial charge in [0.05, 0.1) is 10.6 Å². The van der Waals surface area contributed by atoms with Crippen molar-refractivity contribution >= 4 is 15.5 Å². The molecule has 0 aliphatic heterocycles. The third-order valence-electron chi connectivity index (χ3n) is 2.98. The molecular formula is C15H17NO3S. The smallest absolute Gasteiger partial charge is 0.175 e. The second-order valence-corrected chi connectivity index (χ2v) is 6.66. The molecule has 0 saturated carbocycles. The lowest BCUT2D eigenvalue weighted by molar-refractivity contribution is 0.228. The van der Waals surface area contributed by atoms with E-state index in [1.165, 1.54) is 12.1 Å². The Morgan fingerprint density at radius 3 is 2.30 bits per heavy atom. The Morgan fingerprint density at radius 2 is 1.75 bits per heavy atom. The average Bonchev–Trinajstić information content (AvgIpc) is 2.41. The van der Waals surface area contributed by atoms with Crippen LogP contribution in [0.3, 0.4) is 0 Å². The van der Waals surface area contributed by atoms with E-state index in [9.17, 15) is 8.42 Å². The fourth-order valence-electron chi connectivity index (χ4n) is 1.85. The molecule has 1 unspecified atom stereocenters. The summed E-state index contributed by atoms with van der Waals surface area (Å²) in [5, 5.41) is 0. The molecule has 0 aromatic heterocycles. The molecule has 0 saturated heterocycles. The van der Waals surface area contributed by atoms with Crippen molar-refractivity contribution in [3.63, 3.8) is 0 Å². The number of anilines is 1. The summed E-state index contributed by atoms with van der Waals surface area (Å²) in [5.41, 5.74) is 7.20. The summed E-state index contributed by atoms with van der Waals surface area (Å²) in [6.07, 6.45) is 0.983. The number of hydrogen-bond donors (Lipinski definition) is 1. The van der Waals surface area contributed by atoms with Crippen LogP contribution >= 0.6 is 0 Å². The number of nitrogens with two attached hydrogens (primary N) is 1. The van der Waals surface area contributed by atoms with Gasteiger partial charge in [-0.05, 0) is 30.7 Å². The van der Waals surface area contributed by atoms with E-state index in [0.29, 0.717) is 11.4 Å². The molecule has 0 heterocycles. The summed E-state index contributed by atoms with van der Waals surface area (Å²) in [6.45, 7) is 1.92. The lowest BCUT2D eigenvalue weighted by atomic mass is 10.1. The van der Waals surface area contributed by atoms with Crippen molar-refractivity contribution in [3.8, 4) is 5.75 Å². The number of hydrogen-bond acceptors (Lipinski definition) is 4. The number of sulfone groups is 1. The first-order valence-electron chi connectivity index (χ1n) is 6.19. The molecule has 0 spiro atoms. The van der Waals surface area contributed by atoms with Crippen molar-refractivity contribution in [1.82, 2.24) is 0 Å². The van der Waals surface area contributed by atoms with Crippen LogP contribution in [0.2, 0.25) is 0 Å². The number of nitrogen functional groups attached to an aromatic ring is 1. The Labute approximate surface area is 119 Å². The topological polar surface area (TPSA) is 69.4 Å². The molecule has 0 bridgehead atoms. The molecule has 2 rings (SSSR count). The first-order chi connectivity index (χ1) is 9.38. The van der Waals surface area contributed by atoms with Gasteiger partial charge < -0.3 is 10.5 Å². The number of rotatable bonds is 4. The molecule has 2 aromatic rings. The molecule has 0 aliphatic rings. The normalized spacial score (nSPS) is 12.9. The van der Waals surface area contributed by atoms with Crippen LogP contribution in [0.15, 0.2) is 53.4 Å². The van der Waals surface area contributed by atoms with Gasteiger partial charge in [-0.25, -0.2) is 8.42 Å². The van der Waals surface area contributed by atoms with Gasteiger partial charge in [0.25, 0.3) is 0 Å². The van der Waals surface area contributed by atoms with Crippen LogP contribution in [0.5, 0.6) is 5.75 Å². The fraction of sp³-hybridized carbons (Fsp3) is 0.200. The quantitative estimate of drug-likeness (QED) is 0.879. The maximum Gasteiger partial charge on any atom is 0.175 e. The molecular weight excluding hydrogens is 274 g/mol. The summed E-state index contributed by atoms with van der Waals surface area (Å²) >= 11 is 0. The Hall–Kier alpha value is -2.01. The highest BCUT2D eigenvalue weighted by Gasteiger charge is 2.13. The van der Waals surface area contributed by atoms with Crippen LogP contribution < -0.4 is 10.5 Å². The van der Waals surface area contributed by atoms with Gasteiger partial charge in [-0.15, -0.1) is 0 Å². The van der Waals surface area contributed by atoms with Gasteiger partial charge >= 0.3 is 0 Å². The zero-order valence-electron chi connectivity index (χ0n) is 11.4. The largest absolute Gasteiger partial charge is 0.484 e. The molecule has 1 atom stereocenters. The number of ether oxygens (including phenoxy) is 1. The molecule has 20 heavy (non-hydrogen) atoms. The predicted molar refractivity (Wildman–Crippen MR) is 79.4 cm³/mol. The maximum absolute atomic E-state index is 11.4. The maximum atomic E-state index is 11.4. The molecule has 4 nitrogen and oxygen atoms in total. The monoisotopic (exact) mass is 291 g/mol. The van der Waals surface area contributed by atoms with Gasteiger partial charge in [0.2, 0.25) is 0 Å².